The molecule has 2 aromatic rings. The van der Waals surface area contributed by atoms with Crippen LogP contribution in [0.1, 0.15) is 15.9 Å². The van der Waals surface area contributed by atoms with Crippen LogP contribution in [0.4, 0.5) is 0 Å². The minimum absolute atomic E-state index is 0.0698. The van der Waals surface area contributed by atoms with Gasteiger partial charge < -0.3 is 9.64 Å². The van der Waals surface area contributed by atoms with Crippen molar-refractivity contribution < 1.29 is 9.53 Å². The van der Waals surface area contributed by atoms with E-state index in [0.29, 0.717) is 17.9 Å². The molecule has 0 saturated heterocycles. The van der Waals surface area contributed by atoms with Gasteiger partial charge in [-0.15, -0.1) is 0 Å². The molecule has 0 unspecified atom stereocenters. The summed E-state index contributed by atoms with van der Waals surface area (Å²) in [5, 5.41) is 4.10. The van der Waals surface area contributed by atoms with Gasteiger partial charge in [-0.2, -0.15) is 5.10 Å². The topological polar surface area (TPSA) is 47.4 Å². The maximum absolute atomic E-state index is 12.5. The molecule has 0 N–H and O–H groups in total. The van der Waals surface area contributed by atoms with E-state index in [1.807, 2.05) is 25.4 Å². The molecule has 1 aromatic heterocycles. The average Bonchev–Trinajstić information content (AvgIpc) is 2.84. The molecule has 1 aromatic carbocycles. The Labute approximate surface area is 126 Å². The molecular formula is C14H16BrN3O2. The van der Waals surface area contributed by atoms with Gasteiger partial charge in [0.1, 0.15) is 5.75 Å². The van der Waals surface area contributed by atoms with E-state index in [1.165, 1.54) is 0 Å². The lowest BCUT2D eigenvalue weighted by molar-refractivity contribution is 0.0784. The van der Waals surface area contributed by atoms with Crippen molar-refractivity contribution in [3.05, 3.63) is 46.2 Å². The van der Waals surface area contributed by atoms with Crippen LogP contribution in [-0.4, -0.2) is 34.7 Å². The number of amides is 1. The molecular weight excluding hydrogens is 322 g/mol. The Bertz CT molecular complexity index is 625. The number of halogens is 1. The molecule has 0 fully saturated rings. The van der Waals surface area contributed by atoms with E-state index in [4.69, 9.17) is 4.74 Å². The summed E-state index contributed by atoms with van der Waals surface area (Å²) < 4.78 is 7.63. The summed E-state index contributed by atoms with van der Waals surface area (Å²) in [7, 11) is 5.20. The number of rotatable bonds is 4. The summed E-state index contributed by atoms with van der Waals surface area (Å²) in [6.45, 7) is 0.510. The highest BCUT2D eigenvalue weighted by Gasteiger charge is 2.16. The molecule has 0 saturated carbocycles. The number of nitrogens with zero attached hydrogens (tertiary/aromatic N) is 3. The van der Waals surface area contributed by atoms with Crippen molar-refractivity contribution in [1.82, 2.24) is 14.7 Å². The van der Waals surface area contributed by atoms with E-state index in [1.54, 1.807) is 36.0 Å². The van der Waals surface area contributed by atoms with Gasteiger partial charge in [0.2, 0.25) is 0 Å². The number of carbonyl (C=O) groups is 1. The van der Waals surface area contributed by atoms with Gasteiger partial charge in [-0.1, -0.05) is 0 Å². The van der Waals surface area contributed by atoms with Crippen LogP contribution in [0.5, 0.6) is 5.75 Å². The van der Waals surface area contributed by atoms with Crippen molar-refractivity contribution >= 4 is 21.8 Å². The maximum atomic E-state index is 12.5. The first-order valence-corrected chi connectivity index (χ1v) is 6.87. The minimum Gasteiger partial charge on any atom is -0.497 e. The second-order valence-corrected chi connectivity index (χ2v) is 5.38. The molecule has 1 heterocycles. The van der Waals surface area contributed by atoms with Gasteiger partial charge >= 0.3 is 0 Å². The van der Waals surface area contributed by atoms with Crippen LogP contribution in [0.25, 0.3) is 0 Å². The minimum atomic E-state index is -0.0698. The molecule has 0 aliphatic carbocycles. The predicted molar refractivity (Wildman–Crippen MR) is 79.7 cm³/mol. The van der Waals surface area contributed by atoms with Crippen LogP contribution in [0.2, 0.25) is 0 Å². The summed E-state index contributed by atoms with van der Waals surface area (Å²) >= 11 is 3.40. The third kappa shape index (κ3) is 3.19. The molecule has 0 bridgehead atoms. The Balaban J connectivity index is 2.17. The van der Waals surface area contributed by atoms with E-state index in [2.05, 4.69) is 21.0 Å². The number of aryl methyl sites for hydroxylation is 1. The lowest BCUT2D eigenvalue weighted by Gasteiger charge is -2.17. The van der Waals surface area contributed by atoms with Crippen LogP contribution in [-0.2, 0) is 13.6 Å². The SMILES string of the molecule is COc1ccc(Br)c(C(=O)N(C)Cc2cnn(C)c2)c1. The maximum Gasteiger partial charge on any atom is 0.255 e. The van der Waals surface area contributed by atoms with E-state index in [0.717, 1.165) is 10.0 Å². The molecule has 0 aliphatic heterocycles. The van der Waals surface area contributed by atoms with Crippen molar-refractivity contribution in [3.63, 3.8) is 0 Å². The van der Waals surface area contributed by atoms with Crippen LogP contribution >= 0.6 is 15.9 Å². The van der Waals surface area contributed by atoms with Gasteiger partial charge in [0.15, 0.2) is 0 Å². The van der Waals surface area contributed by atoms with Crippen molar-refractivity contribution in [3.8, 4) is 5.75 Å². The first-order chi connectivity index (χ1) is 9.51. The van der Waals surface area contributed by atoms with E-state index in [-0.39, 0.29) is 5.91 Å². The van der Waals surface area contributed by atoms with Crippen LogP contribution in [0, 0.1) is 0 Å². The quantitative estimate of drug-likeness (QED) is 0.860. The fraction of sp³-hybridized carbons (Fsp3) is 0.286. The smallest absolute Gasteiger partial charge is 0.255 e. The van der Waals surface area contributed by atoms with Gasteiger partial charge in [0.05, 0.1) is 18.9 Å². The molecule has 5 nitrogen and oxygen atoms in total. The predicted octanol–water partition coefficient (Wildman–Crippen LogP) is 2.46. The number of methoxy groups -OCH3 is 1. The Morgan fingerprint density at radius 1 is 1.50 bits per heavy atom. The van der Waals surface area contributed by atoms with Gasteiger partial charge in [0.25, 0.3) is 5.91 Å². The van der Waals surface area contributed by atoms with E-state index >= 15 is 0 Å². The molecule has 2 rings (SSSR count). The van der Waals surface area contributed by atoms with Gasteiger partial charge in [-0.25, -0.2) is 0 Å². The number of hydrogen-bond acceptors (Lipinski definition) is 3. The van der Waals surface area contributed by atoms with Gasteiger partial charge in [-0.05, 0) is 34.1 Å². The van der Waals surface area contributed by atoms with Gasteiger partial charge in [0, 0.05) is 36.9 Å². The Morgan fingerprint density at radius 3 is 2.85 bits per heavy atom. The molecule has 0 spiro atoms. The third-order valence-corrected chi connectivity index (χ3v) is 3.62. The highest BCUT2D eigenvalue weighted by Crippen LogP contribution is 2.24. The zero-order valence-corrected chi connectivity index (χ0v) is 13.2. The first-order valence-electron chi connectivity index (χ1n) is 6.08. The van der Waals surface area contributed by atoms with Crippen LogP contribution in [0.15, 0.2) is 35.1 Å². The van der Waals surface area contributed by atoms with E-state index < -0.39 is 0 Å². The second kappa shape index (κ2) is 6.09. The molecule has 1 amide bonds. The van der Waals surface area contributed by atoms with Crippen LogP contribution < -0.4 is 4.74 Å². The Morgan fingerprint density at radius 2 is 2.25 bits per heavy atom. The Kier molecular flexibility index (Phi) is 4.44. The summed E-state index contributed by atoms with van der Waals surface area (Å²) in [5.41, 5.74) is 1.57. The average molecular weight is 338 g/mol. The van der Waals surface area contributed by atoms with E-state index in [9.17, 15) is 4.79 Å². The van der Waals surface area contributed by atoms with Crippen LogP contribution in [0.3, 0.4) is 0 Å². The largest absolute Gasteiger partial charge is 0.497 e. The third-order valence-electron chi connectivity index (χ3n) is 2.93. The molecule has 20 heavy (non-hydrogen) atoms. The second-order valence-electron chi connectivity index (χ2n) is 4.53. The highest BCUT2D eigenvalue weighted by molar-refractivity contribution is 9.10. The summed E-state index contributed by atoms with van der Waals surface area (Å²) in [6, 6.07) is 5.35. The van der Waals surface area contributed by atoms with Crippen molar-refractivity contribution in [2.75, 3.05) is 14.2 Å². The van der Waals surface area contributed by atoms with Crippen molar-refractivity contribution in [2.24, 2.45) is 7.05 Å². The number of hydrogen-bond donors (Lipinski definition) is 0. The highest BCUT2D eigenvalue weighted by atomic mass is 79.9. The number of carbonyl (C=O) groups excluding carboxylic acids is 1. The monoisotopic (exact) mass is 337 g/mol. The normalized spacial score (nSPS) is 10.4. The fourth-order valence-electron chi connectivity index (χ4n) is 1.90. The Hall–Kier alpha value is -1.82. The first kappa shape index (κ1) is 14.6. The molecule has 6 heteroatoms. The molecule has 106 valence electrons. The lowest BCUT2D eigenvalue weighted by atomic mass is 10.2. The fourth-order valence-corrected chi connectivity index (χ4v) is 2.32. The van der Waals surface area contributed by atoms with Crippen molar-refractivity contribution in [2.45, 2.75) is 6.54 Å². The summed E-state index contributed by atoms with van der Waals surface area (Å²) in [4.78, 5) is 14.1. The molecule has 0 atom stereocenters. The van der Waals surface area contributed by atoms with Gasteiger partial charge in [-0.3, -0.25) is 9.48 Å². The lowest BCUT2D eigenvalue weighted by Crippen LogP contribution is -2.26. The zero-order chi connectivity index (χ0) is 14.7. The number of ether oxygens (including phenoxy) is 1. The standard InChI is InChI=1S/C14H16BrN3O2/c1-17(8-10-7-16-18(2)9-10)14(19)12-6-11(20-3)4-5-13(12)15/h4-7,9H,8H2,1-3H3. The summed E-state index contributed by atoms with van der Waals surface area (Å²) in [6.07, 6.45) is 3.65. The number of benzene rings is 1. The zero-order valence-electron chi connectivity index (χ0n) is 11.6. The molecule has 0 aliphatic rings. The van der Waals surface area contributed by atoms with Crippen molar-refractivity contribution in [1.29, 1.82) is 0 Å². The number of aromatic nitrogens is 2. The summed E-state index contributed by atoms with van der Waals surface area (Å²) in [5.74, 6) is 0.589. The molecule has 0 radical (unpaired) electrons.